The van der Waals surface area contributed by atoms with Gasteiger partial charge >= 0.3 is 5.69 Å². The van der Waals surface area contributed by atoms with Crippen molar-refractivity contribution in [2.24, 2.45) is 5.92 Å². The van der Waals surface area contributed by atoms with E-state index in [1.54, 1.807) is 0 Å². The molecule has 1 unspecified atom stereocenters. The minimum Gasteiger partial charge on any atom is -0.502 e. The minimum absolute atomic E-state index is 0.00466. The number of rotatable bonds is 3. The van der Waals surface area contributed by atoms with Crippen LogP contribution in [0.2, 0.25) is 0 Å². The Hall–Kier alpha value is -2.15. The zero-order chi connectivity index (χ0) is 14.7. The fourth-order valence-corrected chi connectivity index (χ4v) is 2.42. The summed E-state index contributed by atoms with van der Waals surface area (Å²) in [6, 6.07) is 3.89. The van der Waals surface area contributed by atoms with Gasteiger partial charge in [-0.2, -0.15) is 0 Å². The summed E-state index contributed by atoms with van der Waals surface area (Å²) in [5.41, 5.74) is -0.552. The number of aliphatic hydroxyl groups is 1. The van der Waals surface area contributed by atoms with Crippen LogP contribution in [0.25, 0.3) is 0 Å². The fraction of sp³-hybridized carbons (Fsp3) is 0.462. The number of nitro benzene ring substituents is 1. The standard InChI is InChI=1S/C13H16N2O5/c16-8-9-3-2-6-14(7-9)13(18)10-4-1-5-11(12(10)17)15(19)20/h1,4-5,9,16-17H,2-3,6-8H2. The first-order valence-corrected chi connectivity index (χ1v) is 6.41. The van der Waals surface area contributed by atoms with Crippen molar-refractivity contribution in [3.05, 3.63) is 33.9 Å². The highest BCUT2D eigenvalue weighted by Crippen LogP contribution is 2.31. The number of nitrogens with zero attached hydrogens (tertiary/aromatic N) is 2. The highest BCUT2D eigenvalue weighted by atomic mass is 16.6. The molecule has 0 spiro atoms. The number of likely N-dealkylation sites (tertiary alicyclic amines) is 1. The van der Waals surface area contributed by atoms with Crippen molar-refractivity contribution < 1.29 is 19.9 Å². The molecule has 1 heterocycles. The third-order valence-electron chi connectivity index (χ3n) is 3.51. The number of phenols is 1. The Labute approximate surface area is 115 Å². The second-order valence-corrected chi connectivity index (χ2v) is 4.87. The molecule has 20 heavy (non-hydrogen) atoms. The van der Waals surface area contributed by atoms with E-state index in [0.717, 1.165) is 18.9 Å². The van der Waals surface area contributed by atoms with Crippen molar-refractivity contribution in [3.63, 3.8) is 0 Å². The number of hydrogen-bond donors (Lipinski definition) is 2. The van der Waals surface area contributed by atoms with Gasteiger partial charge in [0, 0.05) is 25.8 Å². The van der Waals surface area contributed by atoms with Crippen LogP contribution >= 0.6 is 0 Å². The number of piperidine rings is 1. The maximum absolute atomic E-state index is 12.3. The summed E-state index contributed by atoms with van der Waals surface area (Å²) in [7, 11) is 0. The molecule has 0 bridgehead atoms. The van der Waals surface area contributed by atoms with Gasteiger partial charge in [-0.1, -0.05) is 6.07 Å². The number of hydrogen-bond acceptors (Lipinski definition) is 5. The first kappa shape index (κ1) is 14.3. The van der Waals surface area contributed by atoms with Gasteiger partial charge < -0.3 is 15.1 Å². The number of aliphatic hydroxyl groups excluding tert-OH is 1. The smallest absolute Gasteiger partial charge is 0.311 e. The van der Waals surface area contributed by atoms with E-state index in [2.05, 4.69) is 0 Å². The summed E-state index contributed by atoms with van der Waals surface area (Å²) >= 11 is 0. The van der Waals surface area contributed by atoms with E-state index in [4.69, 9.17) is 5.11 Å². The maximum Gasteiger partial charge on any atom is 0.311 e. The lowest BCUT2D eigenvalue weighted by Crippen LogP contribution is -2.41. The molecule has 1 amide bonds. The Kier molecular flexibility index (Phi) is 4.19. The van der Waals surface area contributed by atoms with Crippen molar-refractivity contribution in [2.75, 3.05) is 19.7 Å². The van der Waals surface area contributed by atoms with E-state index in [0.29, 0.717) is 13.1 Å². The van der Waals surface area contributed by atoms with Crippen molar-refractivity contribution in [3.8, 4) is 5.75 Å². The molecule has 0 aromatic heterocycles. The number of para-hydroxylation sites is 1. The number of carbonyl (C=O) groups is 1. The third-order valence-corrected chi connectivity index (χ3v) is 3.51. The summed E-state index contributed by atoms with van der Waals surface area (Å²) in [6.07, 6.45) is 1.62. The second kappa shape index (κ2) is 5.87. The Morgan fingerprint density at radius 3 is 2.90 bits per heavy atom. The number of nitro groups is 1. The van der Waals surface area contributed by atoms with E-state index in [1.807, 2.05) is 0 Å². The first-order valence-electron chi connectivity index (χ1n) is 6.41. The van der Waals surface area contributed by atoms with Crippen LogP contribution in [0, 0.1) is 16.0 Å². The topological polar surface area (TPSA) is 104 Å². The maximum atomic E-state index is 12.3. The molecule has 7 nitrogen and oxygen atoms in total. The van der Waals surface area contributed by atoms with Crippen LogP contribution in [0.4, 0.5) is 5.69 Å². The van der Waals surface area contributed by atoms with Gasteiger partial charge in [-0.25, -0.2) is 0 Å². The summed E-state index contributed by atoms with van der Waals surface area (Å²) in [5.74, 6) is -1.02. The predicted octanol–water partition coefficient (Wildman–Crippen LogP) is 1.14. The monoisotopic (exact) mass is 280 g/mol. The van der Waals surface area contributed by atoms with Crippen molar-refractivity contribution >= 4 is 11.6 Å². The highest BCUT2D eigenvalue weighted by molar-refractivity contribution is 5.98. The number of carbonyl (C=O) groups excluding carboxylic acids is 1. The van der Waals surface area contributed by atoms with Crippen LogP contribution in [0.5, 0.6) is 5.75 Å². The van der Waals surface area contributed by atoms with Gasteiger partial charge in [0.1, 0.15) is 0 Å². The van der Waals surface area contributed by atoms with Gasteiger partial charge in [-0.05, 0) is 24.8 Å². The lowest BCUT2D eigenvalue weighted by molar-refractivity contribution is -0.385. The van der Waals surface area contributed by atoms with Crippen LogP contribution in [0.3, 0.4) is 0 Å². The molecular formula is C13H16N2O5. The lowest BCUT2D eigenvalue weighted by atomic mass is 9.98. The molecule has 7 heteroatoms. The first-order chi connectivity index (χ1) is 9.54. The van der Waals surface area contributed by atoms with Crippen molar-refractivity contribution in [2.45, 2.75) is 12.8 Å². The van der Waals surface area contributed by atoms with Crippen LogP contribution in [0.15, 0.2) is 18.2 Å². The molecule has 108 valence electrons. The average Bonchev–Trinajstić information content (AvgIpc) is 2.46. The van der Waals surface area contributed by atoms with E-state index in [1.165, 1.54) is 17.0 Å². The van der Waals surface area contributed by atoms with E-state index in [-0.39, 0.29) is 18.1 Å². The normalized spacial score (nSPS) is 18.9. The summed E-state index contributed by atoms with van der Waals surface area (Å²) in [5, 5.41) is 29.8. The number of benzene rings is 1. The zero-order valence-electron chi connectivity index (χ0n) is 10.9. The average molecular weight is 280 g/mol. The quantitative estimate of drug-likeness (QED) is 0.638. The van der Waals surface area contributed by atoms with Gasteiger partial charge in [-0.15, -0.1) is 0 Å². The largest absolute Gasteiger partial charge is 0.502 e. The van der Waals surface area contributed by atoms with Crippen LogP contribution < -0.4 is 0 Å². The molecule has 1 aromatic carbocycles. The Morgan fingerprint density at radius 1 is 1.50 bits per heavy atom. The molecule has 1 aliphatic rings. The fourth-order valence-electron chi connectivity index (χ4n) is 2.42. The minimum atomic E-state index is -0.723. The summed E-state index contributed by atoms with van der Waals surface area (Å²) < 4.78 is 0. The number of aromatic hydroxyl groups is 1. The van der Waals surface area contributed by atoms with Crippen LogP contribution in [-0.4, -0.2) is 45.6 Å². The van der Waals surface area contributed by atoms with Gasteiger partial charge in [0.25, 0.3) is 5.91 Å². The molecule has 1 aromatic rings. The third kappa shape index (κ3) is 2.72. The van der Waals surface area contributed by atoms with E-state index in [9.17, 15) is 20.0 Å². The molecule has 2 rings (SSSR count). The summed E-state index contributed by atoms with van der Waals surface area (Å²) in [4.78, 5) is 23.9. The van der Waals surface area contributed by atoms with Gasteiger partial charge in [0.05, 0.1) is 10.5 Å². The van der Waals surface area contributed by atoms with Crippen LogP contribution in [0.1, 0.15) is 23.2 Å². The highest BCUT2D eigenvalue weighted by Gasteiger charge is 2.28. The summed E-state index contributed by atoms with van der Waals surface area (Å²) in [6.45, 7) is 0.930. The molecule has 0 radical (unpaired) electrons. The van der Waals surface area contributed by atoms with E-state index < -0.39 is 22.3 Å². The van der Waals surface area contributed by atoms with Gasteiger partial charge in [0.15, 0.2) is 0 Å². The molecule has 1 fully saturated rings. The molecule has 2 N–H and O–H groups in total. The second-order valence-electron chi connectivity index (χ2n) is 4.87. The molecule has 0 saturated carbocycles. The molecular weight excluding hydrogens is 264 g/mol. The number of phenolic OH excluding ortho intramolecular Hbond substituents is 1. The van der Waals surface area contributed by atoms with Crippen LogP contribution in [-0.2, 0) is 0 Å². The van der Waals surface area contributed by atoms with Crippen molar-refractivity contribution in [1.29, 1.82) is 0 Å². The van der Waals surface area contributed by atoms with Crippen molar-refractivity contribution in [1.82, 2.24) is 4.90 Å². The zero-order valence-corrected chi connectivity index (χ0v) is 10.9. The van der Waals surface area contributed by atoms with Gasteiger partial charge in [-0.3, -0.25) is 14.9 Å². The van der Waals surface area contributed by atoms with E-state index >= 15 is 0 Å². The Bertz CT molecular complexity index is 531. The van der Waals surface area contributed by atoms with Gasteiger partial charge in [0.2, 0.25) is 5.75 Å². The predicted molar refractivity (Wildman–Crippen MR) is 70.5 cm³/mol. The lowest BCUT2D eigenvalue weighted by Gasteiger charge is -2.31. The SMILES string of the molecule is O=C(c1cccc([N+](=O)[O-])c1O)N1CCCC(CO)C1. The molecule has 1 atom stereocenters. The number of amides is 1. The Morgan fingerprint density at radius 2 is 2.25 bits per heavy atom. The Balaban J connectivity index is 2.25. The molecule has 1 saturated heterocycles. The molecule has 1 aliphatic heterocycles. The molecule has 0 aliphatic carbocycles.